The van der Waals surface area contributed by atoms with Gasteiger partial charge in [-0.3, -0.25) is 4.79 Å². The van der Waals surface area contributed by atoms with E-state index in [1.165, 1.54) is 0 Å². The monoisotopic (exact) mass is 219 g/mol. The highest BCUT2D eigenvalue weighted by molar-refractivity contribution is 5.74. The molecule has 0 saturated heterocycles. The van der Waals surface area contributed by atoms with Gasteiger partial charge in [-0.2, -0.15) is 5.26 Å². The molecular weight excluding hydrogens is 206 g/mol. The van der Waals surface area contributed by atoms with E-state index in [-0.39, 0.29) is 6.54 Å². The van der Waals surface area contributed by atoms with Gasteiger partial charge in [-0.05, 0) is 26.0 Å². The van der Waals surface area contributed by atoms with Crippen LogP contribution >= 0.6 is 0 Å². The van der Waals surface area contributed by atoms with Crippen LogP contribution in [0.5, 0.6) is 0 Å². The highest BCUT2D eigenvalue weighted by Gasteiger charge is 2.27. The fraction of sp³-hybridized carbons (Fsp3) is 0.364. The number of carboxylic acid groups (broad SMARTS) is 1. The first-order valence-electron chi connectivity index (χ1n) is 4.80. The minimum atomic E-state index is -0.899. The van der Waals surface area contributed by atoms with Gasteiger partial charge in [0.05, 0.1) is 11.0 Å². The van der Waals surface area contributed by atoms with Crippen molar-refractivity contribution in [2.24, 2.45) is 5.41 Å². The van der Waals surface area contributed by atoms with Gasteiger partial charge < -0.3 is 10.4 Å². The van der Waals surface area contributed by atoms with E-state index < -0.39 is 11.4 Å². The van der Waals surface area contributed by atoms with Crippen molar-refractivity contribution in [1.82, 2.24) is 4.98 Å². The molecule has 1 aromatic heterocycles. The summed E-state index contributed by atoms with van der Waals surface area (Å²) in [6, 6.07) is 5.28. The second kappa shape index (κ2) is 4.62. The molecule has 16 heavy (non-hydrogen) atoms. The Bertz CT molecular complexity index is 435. The number of aliphatic carboxylic acids is 1. The maximum absolute atomic E-state index is 10.9. The molecule has 1 rings (SSSR count). The van der Waals surface area contributed by atoms with Crippen LogP contribution in [-0.4, -0.2) is 22.6 Å². The highest BCUT2D eigenvalue weighted by Crippen LogP contribution is 2.17. The van der Waals surface area contributed by atoms with Crippen LogP contribution < -0.4 is 5.32 Å². The normalized spacial score (nSPS) is 10.6. The average molecular weight is 219 g/mol. The predicted molar refractivity (Wildman–Crippen MR) is 58.9 cm³/mol. The number of pyridine rings is 1. The number of carboxylic acids is 1. The third-order valence-electron chi connectivity index (χ3n) is 2.20. The number of carbonyl (C=O) groups is 1. The molecule has 1 aromatic rings. The average Bonchev–Trinajstić information content (AvgIpc) is 2.26. The first-order valence-corrected chi connectivity index (χ1v) is 4.80. The summed E-state index contributed by atoms with van der Waals surface area (Å²) in [5.74, 6) is -0.478. The molecule has 0 unspecified atom stereocenters. The molecule has 2 N–H and O–H groups in total. The molecule has 0 aliphatic heterocycles. The quantitative estimate of drug-likeness (QED) is 0.800. The van der Waals surface area contributed by atoms with E-state index in [1.54, 1.807) is 32.2 Å². The summed E-state index contributed by atoms with van der Waals surface area (Å²) < 4.78 is 0. The van der Waals surface area contributed by atoms with Gasteiger partial charge in [-0.25, -0.2) is 4.98 Å². The molecule has 0 spiro atoms. The molecule has 0 radical (unpaired) electrons. The van der Waals surface area contributed by atoms with Crippen LogP contribution in [0.1, 0.15) is 19.4 Å². The first kappa shape index (κ1) is 12.0. The Morgan fingerprint density at radius 2 is 2.38 bits per heavy atom. The van der Waals surface area contributed by atoms with Crippen LogP contribution in [0.2, 0.25) is 0 Å². The molecule has 0 aromatic carbocycles. The Hall–Kier alpha value is -2.09. The van der Waals surface area contributed by atoms with E-state index >= 15 is 0 Å². The van der Waals surface area contributed by atoms with E-state index in [0.717, 1.165) is 0 Å². The zero-order valence-corrected chi connectivity index (χ0v) is 9.19. The predicted octanol–water partition coefficient (Wildman–Crippen LogP) is 1.48. The third kappa shape index (κ3) is 2.70. The molecule has 0 aliphatic rings. The Labute approximate surface area is 93.7 Å². The SMILES string of the molecule is CC(C)(CNc1ncccc1C#N)C(=O)O. The Balaban J connectivity index is 2.76. The molecule has 0 saturated carbocycles. The maximum atomic E-state index is 10.9. The van der Waals surface area contributed by atoms with Crippen molar-refractivity contribution >= 4 is 11.8 Å². The van der Waals surface area contributed by atoms with E-state index in [0.29, 0.717) is 11.4 Å². The highest BCUT2D eigenvalue weighted by atomic mass is 16.4. The van der Waals surface area contributed by atoms with Gasteiger partial charge in [-0.1, -0.05) is 0 Å². The summed E-state index contributed by atoms with van der Waals surface area (Å²) in [6.07, 6.45) is 1.55. The molecule has 0 fully saturated rings. The molecule has 0 aliphatic carbocycles. The van der Waals surface area contributed by atoms with E-state index in [4.69, 9.17) is 10.4 Å². The number of anilines is 1. The van der Waals surface area contributed by atoms with Crippen molar-refractivity contribution in [1.29, 1.82) is 5.26 Å². The second-order valence-electron chi connectivity index (χ2n) is 4.05. The van der Waals surface area contributed by atoms with Crippen molar-refractivity contribution < 1.29 is 9.90 Å². The van der Waals surface area contributed by atoms with Gasteiger partial charge in [0, 0.05) is 12.7 Å². The van der Waals surface area contributed by atoms with Crippen LogP contribution in [0.3, 0.4) is 0 Å². The number of nitrogens with one attached hydrogen (secondary N) is 1. The standard InChI is InChI=1S/C11H13N3O2/c1-11(2,10(15)16)7-14-9-8(6-12)4-3-5-13-9/h3-5H,7H2,1-2H3,(H,13,14)(H,15,16). The lowest BCUT2D eigenvalue weighted by atomic mass is 9.94. The summed E-state index contributed by atoms with van der Waals surface area (Å²) in [5, 5.41) is 20.6. The molecule has 5 heteroatoms. The van der Waals surface area contributed by atoms with E-state index in [1.807, 2.05) is 6.07 Å². The molecule has 1 heterocycles. The zero-order valence-electron chi connectivity index (χ0n) is 9.19. The number of hydrogen-bond donors (Lipinski definition) is 2. The topological polar surface area (TPSA) is 86.0 Å². The fourth-order valence-corrected chi connectivity index (χ4v) is 1.02. The lowest BCUT2D eigenvalue weighted by Crippen LogP contribution is -2.32. The Morgan fingerprint density at radius 1 is 1.69 bits per heavy atom. The zero-order chi connectivity index (χ0) is 12.2. The summed E-state index contributed by atoms with van der Waals surface area (Å²) >= 11 is 0. The molecule has 5 nitrogen and oxygen atoms in total. The third-order valence-corrected chi connectivity index (χ3v) is 2.20. The van der Waals surface area contributed by atoms with Gasteiger partial charge in [0.2, 0.25) is 0 Å². The summed E-state index contributed by atoms with van der Waals surface area (Å²) in [7, 11) is 0. The molecule has 0 bridgehead atoms. The van der Waals surface area contributed by atoms with Gasteiger partial charge in [0.1, 0.15) is 11.9 Å². The molecule has 0 atom stereocenters. The number of nitriles is 1. The lowest BCUT2D eigenvalue weighted by Gasteiger charge is -2.20. The minimum Gasteiger partial charge on any atom is -0.481 e. The van der Waals surface area contributed by atoms with Gasteiger partial charge in [-0.15, -0.1) is 0 Å². The van der Waals surface area contributed by atoms with Gasteiger partial charge in [0.25, 0.3) is 0 Å². The molecular formula is C11H13N3O2. The second-order valence-corrected chi connectivity index (χ2v) is 4.05. The van der Waals surface area contributed by atoms with Gasteiger partial charge in [0.15, 0.2) is 0 Å². The minimum absolute atomic E-state index is 0.216. The maximum Gasteiger partial charge on any atom is 0.310 e. The van der Waals surface area contributed by atoms with Crippen molar-refractivity contribution in [2.75, 3.05) is 11.9 Å². The number of aromatic nitrogens is 1. The van der Waals surface area contributed by atoms with E-state index in [9.17, 15) is 4.79 Å². The number of hydrogen-bond acceptors (Lipinski definition) is 4. The van der Waals surface area contributed by atoms with Gasteiger partial charge >= 0.3 is 5.97 Å². The Kier molecular flexibility index (Phi) is 3.46. The summed E-state index contributed by atoms with van der Waals surface area (Å²) in [6.45, 7) is 3.43. The fourth-order valence-electron chi connectivity index (χ4n) is 1.02. The van der Waals surface area contributed by atoms with Crippen LogP contribution in [-0.2, 0) is 4.79 Å². The van der Waals surface area contributed by atoms with Crippen molar-refractivity contribution in [3.8, 4) is 6.07 Å². The number of nitrogens with zero attached hydrogens (tertiary/aromatic N) is 2. The van der Waals surface area contributed by atoms with Crippen molar-refractivity contribution in [3.05, 3.63) is 23.9 Å². The van der Waals surface area contributed by atoms with Crippen LogP contribution in [0.15, 0.2) is 18.3 Å². The van der Waals surface area contributed by atoms with E-state index in [2.05, 4.69) is 10.3 Å². The Morgan fingerprint density at radius 3 is 2.94 bits per heavy atom. The van der Waals surface area contributed by atoms with Crippen molar-refractivity contribution in [2.45, 2.75) is 13.8 Å². The first-order chi connectivity index (χ1) is 7.47. The van der Waals surface area contributed by atoms with Crippen LogP contribution in [0.25, 0.3) is 0 Å². The molecule has 84 valence electrons. The smallest absolute Gasteiger partial charge is 0.310 e. The van der Waals surface area contributed by atoms with Crippen LogP contribution in [0.4, 0.5) is 5.82 Å². The largest absolute Gasteiger partial charge is 0.481 e. The summed E-state index contributed by atoms with van der Waals surface area (Å²) in [4.78, 5) is 14.9. The van der Waals surface area contributed by atoms with Crippen molar-refractivity contribution in [3.63, 3.8) is 0 Å². The van der Waals surface area contributed by atoms with Crippen LogP contribution in [0, 0.1) is 16.7 Å². The molecule has 0 amide bonds. The lowest BCUT2D eigenvalue weighted by molar-refractivity contribution is -0.146. The summed E-state index contributed by atoms with van der Waals surface area (Å²) in [5.41, 5.74) is -0.492. The number of rotatable bonds is 4.